The Morgan fingerprint density at radius 3 is 2.50 bits per heavy atom. The Balaban J connectivity index is 2.77. The molecule has 1 aromatic carbocycles. The minimum absolute atomic E-state index is 0.0506. The standard InChI is InChI=1S/C12H17FN2O/c1-7(2)11(14)12(16)15-10-5-8(3)4-9(13)6-10/h4-7,11H,14H2,1-3H3,(H,15,16)/t11-/m1/s1. The van der Waals surface area contributed by atoms with E-state index in [1.54, 1.807) is 13.0 Å². The number of nitrogens with one attached hydrogen (secondary N) is 1. The van der Waals surface area contributed by atoms with Gasteiger partial charge < -0.3 is 11.1 Å². The number of nitrogens with two attached hydrogens (primary N) is 1. The molecule has 1 rings (SSSR count). The van der Waals surface area contributed by atoms with Crippen LogP contribution in [0.15, 0.2) is 18.2 Å². The number of carbonyl (C=O) groups is 1. The van der Waals surface area contributed by atoms with E-state index in [0.717, 1.165) is 5.56 Å². The molecule has 0 spiro atoms. The van der Waals surface area contributed by atoms with Crippen LogP contribution in [0, 0.1) is 18.7 Å². The summed E-state index contributed by atoms with van der Waals surface area (Å²) in [5.41, 5.74) is 6.88. The summed E-state index contributed by atoms with van der Waals surface area (Å²) >= 11 is 0. The van der Waals surface area contributed by atoms with Crippen LogP contribution in [-0.2, 0) is 4.79 Å². The molecule has 88 valence electrons. The summed E-state index contributed by atoms with van der Waals surface area (Å²) in [6.07, 6.45) is 0. The maximum atomic E-state index is 13.1. The van der Waals surface area contributed by atoms with Gasteiger partial charge in [0.1, 0.15) is 5.82 Å². The number of benzene rings is 1. The van der Waals surface area contributed by atoms with Crippen LogP contribution >= 0.6 is 0 Å². The molecule has 0 saturated carbocycles. The Kier molecular flexibility index (Phi) is 4.01. The second-order valence-electron chi connectivity index (χ2n) is 4.28. The van der Waals surface area contributed by atoms with Gasteiger partial charge in [0.05, 0.1) is 6.04 Å². The third kappa shape index (κ3) is 3.31. The molecule has 0 bridgehead atoms. The number of hydrogen-bond donors (Lipinski definition) is 2. The highest BCUT2D eigenvalue weighted by Crippen LogP contribution is 2.14. The van der Waals surface area contributed by atoms with Crippen LogP contribution in [0.3, 0.4) is 0 Å². The van der Waals surface area contributed by atoms with Crippen molar-refractivity contribution < 1.29 is 9.18 Å². The number of rotatable bonds is 3. The lowest BCUT2D eigenvalue weighted by Crippen LogP contribution is -2.39. The topological polar surface area (TPSA) is 55.1 Å². The summed E-state index contributed by atoms with van der Waals surface area (Å²) < 4.78 is 13.1. The molecule has 1 aromatic rings. The lowest BCUT2D eigenvalue weighted by atomic mass is 10.0. The first-order chi connectivity index (χ1) is 7.40. The average molecular weight is 224 g/mol. The van der Waals surface area contributed by atoms with Crippen LogP contribution < -0.4 is 11.1 Å². The van der Waals surface area contributed by atoms with E-state index in [1.807, 2.05) is 13.8 Å². The number of halogens is 1. The fourth-order valence-electron chi connectivity index (χ4n) is 1.34. The van der Waals surface area contributed by atoms with E-state index in [-0.39, 0.29) is 17.6 Å². The highest BCUT2D eigenvalue weighted by atomic mass is 19.1. The van der Waals surface area contributed by atoms with Gasteiger partial charge in [-0.25, -0.2) is 4.39 Å². The first kappa shape index (κ1) is 12.6. The van der Waals surface area contributed by atoms with Crippen LogP contribution in [0.2, 0.25) is 0 Å². The molecule has 0 aliphatic rings. The molecule has 0 fully saturated rings. The van der Waals surface area contributed by atoms with Gasteiger partial charge in [-0.1, -0.05) is 13.8 Å². The van der Waals surface area contributed by atoms with Crippen LogP contribution in [0.5, 0.6) is 0 Å². The molecule has 0 unspecified atom stereocenters. The zero-order valence-electron chi connectivity index (χ0n) is 9.75. The van der Waals surface area contributed by atoms with Gasteiger partial charge >= 0.3 is 0 Å². The van der Waals surface area contributed by atoms with Gasteiger partial charge in [-0.2, -0.15) is 0 Å². The van der Waals surface area contributed by atoms with E-state index >= 15 is 0 Å². The Hall–Kier alpha value is -1.42. The zero-order valence-corrected chi connectivity index (χ0v) is 9.75. The van der Waals surface area contributed by atoms with Gasteiger partial charge in [0.25, 0.3) is 0 Å². The third-order valence-electron chi connectivity index (χ3n) is 2.33. The molecule has 4 heteroatoms. The minimum Gasteiger partial charge on any atom is -0.325 e. The maximum absolute atomic E-state index is 13.1. The monoisotopic (exact) mass is 224 g/mol. The van der Waals surface area contributed by atoms with Gasteiger partial charge in [-0.15, -0.1) is 0 Å². The van der Waals surface area contributed by atoms with E-state index in [0.29, 0.717) is 5.69 Å². The maximum Gasteiger partial charge on any atom is 0.241 e. The SMILES string of the molecule is Cc1cc(F)cc(NC(=O)[C@H](N)C(C)C)c1. The van der Waals surface area contributed by atoms with Gasteiger partial charge in [0.2, 0.25) is 5.91 Å². The third-order valence-corrected chi connectivity index (χ3v) is 2.33. The van der Waals surface area contributed by atoms with Crippen molar-refractivity contribution in [2.45, 2.75) is 26.8 Å². The Morgan fingerprint density at radius 1 is 1.38 bits per heavy atom. The van der Waals surface area contributed by atoms with E-state index < -0.39 is 6.04 Å². The quantitative estimate of drug-likeness (QED) is 0.825. The molecule has 1 amide bonds. The molecule has 0 aliphatic carbocycles. The fourth-order valence-corrected chi connectivity index (χ4v) is 1.34. The molecule has 3 nitrogen and oxygen atoms in total. The predicted octanol–water partition coefficient (Wildman–Crippen LogP) is 2.06. The molecule has 0 saturated heterocycles. The summed E-state index contributed by atoms with van der Waals surface area (Å²) in [5, 5.41) is 2.60. The lowest BCUT2D eigenvalue weighted by molar-refractivity contribution is -0.118. The van der Waals surface area contributed by atoms with Gasteiger partial charge in [-0.05, 0) is 36.6 Å². The molecular formula is C12H17FN2O. The van der Waals surface area contributed by atoms with Crippen molar-refractivity contribution in [3.63, 3.8) is 0 Å². The Morgan fingerprint density at radius 2 is 2.00 bits per heavy atom. The van der Waals surface area contributed by atoms with E-state index in [9.17, 15) is 9.18 Å². The summed E-state index contributed by atoms with van der Waals surface area (Å²) in [7, 11) is 0. The first-order valence-electron chi connectivity index (χ1n) is 5.24. The lowest BCUT2D eigenvalue weighted by Gasteiger charge is -2.15. The number of hydrogen-bond acceptors (Lipinski definition) is 2. The van der Waals surface area contributed by atoms with Crippen LogP contribution in [0.25, 0.3) is 0 Å². The molecule has 0 aromatic heterocycles. The first-order valence-corrected chi connectivity index (χ1v) is 5.24. The number of aryl methyl sites for hydroxylation is 1. The summed E-state index contributed by atoms with van der Waals surface area (Å²) in [6, 6.07) is 3.80. The van der Waals surface area contributed by atoms with Crippen LogP contribution in [0.4, 0.5) is 10.1 Å². The summed E-state index contributed by atoms with van der Waals surface area (Å²) in [5.74, 6) is -0.608. The van der Waals surface area contributed by atoms with Crippen molar-refractivity contribution in [1.29, 1.82) is 0 Å². The van der Waals surface area contributed by atoms with Crippen molar-refractivity contribution in [1.82, 2.24) is 0 Å². The molecule has 0 aliphatic heterocycles. The van der Waals surface area contributed by atoms with Gasteiger partial charge in [0, 0.05) is 5.69 Å². The largest absolute Gasteiger partial charge is 0.325 e. The Labute approximate surface area is 94.8 Å². The predicted molar refractivity (Wildman–Crippen MR) is 62.6 cm³/mol. The van der Waals surface area contributed by atoms with Crippen molar-refractivity contribution in [3.8, 4) is 0 Å². The highest BCUT2D eigenvalue weighted by Gasteiger charge is 2.17. The number of carbonyl (C=O) groups excluding carboxylic acids is 1. The van der Waals surface area contributed by atoms with Crippen molar-refractivity contribution in [2.75, 3.05) is 5.32 Å². The highest BCUT2D eigenvalue weighted by molar-refractivity contribution is 5.94. The molecule has 3 N–H and O–H groups in total. The summed E-state index contributed by atoms with van der Waals surface area (Å²) in [6.45, 7) is 5.49. The second-order valence-corrected chi connectivity index (χ2v) is 4.28. The molecule has 0 radical (unpaired) electrons. The fraction of sp³-hybridized carbons (Fsp3) is 0.417. The van der Waals surface area contributed by atoms with E-state index in [2.05, 4.69) is 5.32 Å². The van der Waals surface area contributed by atoms with Crippen LogP contribution in [0.1, 0.15) is 19.4 Å². The molecule has 0 heterocycles. The Bertz CT molecular complexity index is 370. The molecule has 16 heavy (non-hydrogen) atoms. The van der Waals surface area contributed by atoms with Crippen molar-refractivity contribution in [2.24, 2.45) is 11.7 Å². The normalized spacial score (nSPS) is 12.6. The zero-order chi connectivity index (χ0) is 12.3. The average Bonchev–Trinajstić information content (AvgIpc) is 2.14. The molecular weight excluding hydrogens is 207 g/mol. The number of anilines is 1. The van der Waals surface area contributed by atoms with Crippen molar-refractivity contribution >= 4 is 11.6 Å². The van der Waals surface area contributed by atoms with Gasteiger partial charge in [-0.3, -0.25) is 4.79 Å². The van der Waals surface area contributed by atoms with Crippen molar-refractivity contribution in [3.05, 3.63) is 29.6 Å². The van der Waals surface area contributed by atoms with Crippen LogP contribution in [-0.4, -0.2) is 11.9 Å². The minimum atomic E-state index is -0.580. The van der Waals surface area contributed by atoms with E-state index in [4.69, 9.17) is 5.73 Å². The number of amides is 1. The van der Waals surface area contributed by atoms with E-state index in [1.165, 1.54) is 12.1 Å². The second kappa shape index (κ2) is 5.07. The molecule has 1 atom stereocenters. The summed E-state index contributed by atoms with van der Waals surface area (Å²) in [4.78, 5) is 11.6. The van der Waals surface area contributed by atoms with Gasteiger partial charge in [0.15, 0.2) is 0 Å². The smallest absolute Gasteiger partial charge is 0.241 e.